The average Bonchev–Trinajstić information content (AvgIpc) is 2.90. The first-order valence-corrected chi connectivity index (χ1v) is 7.49. The highest BCUT2D eigenvalue weighted by Gasteiger charge is 2.15. The van der Waals surface area contributed by atoms with Gasteiger partial charge < -0.3 is 10.1 Å². The van der Waals surface area contributed by atoms with Crippen LogP contribution in [0.4, 0.5) is 5.00 Å². The molecular weight excluding hydrogens is 272 g/mol. The zero-order valence-corrected chi connectivity index (χ0v) is 12.5. The van der Waals surface area contributed by atoms with E-state index in [-0.39, 0.29) is 5.97 Å². The lowest BCUT2D eigenvalue weighted by Gasteiger charge is -2.08. The molecule has 0 fully saturated rings. The van der Waals surface area contributed by atoms with Gasteiger partial charge in [0.05, 0.1) is 12.1 Å². The van der Waals surface area contributed by atoms with E-state index >= 15 is 0 Å². The van der Waals surface area contributed by atoms with E-state index in [1.54, 1.807) is 12.4 Å². The molecule has 0 saturated carbocycles. The Balaban J connectivity index is 1.93. The second-order valence-electron chi connectivity index (χ2n) is 4.35. The van der Waals surface area contributed by atoms with Crippen LogP contribution in [0.2, 0.25) is 0 Å². The molecule has 4 nitrogen and oxygen atoms in total. The zero-order valence-electron chi connectivity index (χ0n) is 11.7. The number of hydrogen-bond donors (Lipinski definition) is 1. The number of anilines is 1. The lowest BCUT2D eigenvalue weighted by Crippen LogP contribution is -2.11. The average molecular weight is 290 g/mol. The Morgan fingerprint density at radius 1 is 1.40 bits per heavy atom. The molecule has 0 unspecified atom stereocenters. The van der Waals surface area contributed by atoms with Gasteiger partial charge >= 0.3 is 5.97 Å². The fraction of sp³-hybridized carbons (Fsp3) is 0.333. The Hall–Kier alpha value is -1.88. The van der Waals surface area contributed by atoms with Gasteiger partial charge in [-0.15, -0.1) is 11.3 Å². The van der Waals surface area contributed by atoms with Crippen molar-refractivity contribution in [1.29, 1.82) is 0 Å². The van der Waals surface area contributed by atoms with Gasteiger partial charge in [-0.05, 0) is 31.4 Å². The van der Waals surface area contributed by atoms with Crippen molar-refractivity contribution in [3.63, 3.8) is 0 Å². The highest BCUT2D eigenvalue weighted by atomic mass is 32.1. The molecule has 106 valence electrons. The zero-order chi connectivity index (χ0) is 14.4. The summed E-state index contributed by atoms with van der Waals surface area (Å²) >= 11 is 1.42. The van der Waals surface area contributed by atoms with E-state index in [4.69, 9.17) is 4.74 Å². The second-order valence-corrected chi connectivity index (χ2v) is 5.21. The summed E-state index contributed by atoms with van der Waals surface area (Å²) in [6, 6.07) is 8.30. The molecule has 0 spiro atoms. The molecule has 0 amide bonds. The topological polar surface area (TPSA) is 51.2 Å². The monoisotopic (exact) mass is 290 g/mol. The number of nitrogens with zero attached hydrogens (tertiary/aromatic N) is 1. The predicted molar refractivity (Wildman–Crippen MR) is 81.4 cm³/mol. The van der Waals surface area contributed by atoms with Gasteiger partial charge in [0.2, 0.25) is 0 Å². The number of rotatable bonds is 6. The third-order valence-electron chi connectivity index (χ3n) is 2.98. The van der Waals surface area contributed by atoms with Crippen LogP contribution in [0.25, 0.3) is 0 Å². The van der Waals surface area contributed by atoms with Gasteiger partial charge in [0.25, 0.3) is 0 Å². The van der Waals surface area contributed by atoms with Crippen LogP contribution < -0.4 is 5.32 Å². The lowest BCUT2D eigenvalue weighted by atomic mass is 10.1. The summed E-state index contributed by atoms with van der Waals surface area (Å²) in [5.41, 5.74) is 4.62. The smallest absolute Gasteiger partial charge is 0.360 e. The fourth-order valence-corrected chi connectivity index (χ4v) is 2.61. The minimum Gasteiger partial charge on any atom is -0.461 e. The maximum Gasteiger partial charge on any atom is 0.360 e. The van der Waals surface area contributed by atoms with Gasteiger partial charge in [-0.2, -0.15) is 0 Å². The van der Waals surface area contributed by atoms with E-state index < -0.39 is 0 Å². The second kappa shape index (κ2) is 7.05. The standard InChI is InChI=1S/C15H18N2O2S/c1-3-19-15(18)13-14(20-10-17-13)16-9-8-12-7-5-4-6-11(12)2/h4-7,10,16H,3,8-9H2,1-2H3. The van der Waals surface area contributed by atoms with Crippen molar-refractivity contribution in [3.8, 4) is 0 Å². The number of hydrogen-bond acceptors (Lipinski definition) is 5. The third kappa shape index (κ3) is 3.57. The van der Waals surface area contributed by atoms with Crippen molar-refractivity contribution >= 4 is 22.3 Å². The van der Waals surface area contributed by atoms with Crippen molar-refractivity contribution in [2.45, 2.75) is 20.3 Å². The molecule has 0 saturated heterocycles. The van der Waals surface area contributed by atoms with Gasteiger partial charge in [0.1, 0.15) is 5.00 Å². The van der Waals surface area contributed by atoms with E-state index in [2.05, 4.69) is 29.4 Å². The summed E-state index contributed by atoms with van der Waals surface area (Å²) in [5.74, 6) is -0.368. The van der Waals surface area contributed by atoms with Crippen molar-refractivity contribution in [3.05, 3.63) is 46.6 Å². The molecule has 0 atom stereocenters. The number of thiazole rings is 1. The molecule has 2 rings (SSSR count). The molecule has 1 aromatic carbocycles. The third-order valence-corrected chi connectivity index (χ3v) is 3.76. The maximum absolute atomic E-state index is 11.7. The van der Waals surface area contributed by atoms with Gasteiger partial charge in [0.15, 0.2) is 5.69 Å². The van der Waals surface area contributed by atoms with Crippen molar-refractivity contribution in [1.82, 2.24) is 4.98 Å². The molecule has 0 bridgehead atoms. The van der Waals surface area contributed by atoms with E-state index in [9.17, 15) is 4.79 Å². The molecule has 1 heterocycles. The summed E-state index contributed by atoms with van der Waals surface area (Å²) in [6.07, 6.45) is 0.910. The molecule has 5 heteroatoms. The molecule has 0 aliphatic carbocycles. The quantitative estimate of drug-likeness (QED) is 0.829. The summed E-state index contributed by atoms with van der Waals surface area (Å²) in [7, 11) is 0. The van der Waals surface area contributed by atoms with Gasteiger partial charge in [0, 0.05) is 6.54 Å². The number of carbonyl (C=O) groups is 1. The Morgan fingerprint density at radius 3 is 2.95 bits per heavy atom. The molecule has 20 heavy (non-hydrogen) atoms. The molecule has 0 aliphatic heterocycles. The van der Waals surface area contributed by atoms with E-state index in [1.165, 1.54) is 22.5 Å². The highest BCUT2D eigenvalue weighted by Crippen LogP contribution is 2.21. The van der Waals surface area contributed by atoms with Gasteiger partial charge in [-0.25, -0.2) is 9.78 Å². The van der Waals surface area contributed by atoms with Crippen LogP contribution in [0.15, 0.2) is 29.8 Å². The number of benzene rings is 1. The number of aryl methyl sites for hydroxylation is 1. The number of carbonyl (C=O) groups excluding carboxylic acids is 1. The number of esters is 1. The van der Waals surface area contributed by atoms with Crippen LogP contribution in [0.1, 0.15) is 28.5 Å². The first-order valence-electron chi connectivity index (χ1n) is 6.61. The number of ether oxygens (including phenoxy) is 1. The van der Waals surface area contributed by atoms with Crippen LogP contribution in [-0.4, -0.2) is 24.1 Å². The van der Waals surface area contributed by atoms with E-state index in [1.807, 2.05) is 12.1 Å². The van der Waals surface area contributed by atoms with Crippen LogP contribution in [-0.2, 0) is 11.2 Å². The molecule has 1 aromatic heterocycles. The summed E-state index contributed by atoms with van der Waals surface area (Å²) in [6.45, 7) is 5.01. The van der Waals surface area contributed by atoms with Crippen LogP contribution in [0.3, 0.4) is 0 Å². The molecule has 2 aromatic rings. The minimum atomic E-state index is -0.368. The Kier molecular flexibility index (Phi) is 5.12. The summed E-state index contributed by atoms with van der Waals surface area (Å²) in [4.78, 5) is 15.8. The molecule has 0 aliphatic rings. The highest BCUT2D eigenvalue weighted by molar-refractivity contribution is 7.14. The Morgan fingerprint density at radius 2 is 2.20 bits per heavy atom. The van der Waals surface area contributed by atoms with Crippen LogP contribution >= 0.6 is 11.3 Å². The lowest BCUT2D eigenvalue weighted by molar-refractivity contribution is 0.0521. The molecule has 0 radical (unpaired) electrons. The van der Waals surface area contributed by atoms with Crippen molar-refractivity contribution in [2.24, 2.45) is 0 Å². The Labute approximate surface area is 122 Å². The van der Waals surface area contributed by atoms with Gasteiger partial charge in [-0.1, -0.05) is 24.3 Å². The SMILES string of the molecule is CCOC(=O)c1ncsc1NCCc1ccccc1C. The fourth-order valence-electron chi connectivity index (χ4n) is 1.92. The number of aromatic nitrogens is 1. The van der Waals surface area contributed by atoms with Gasteiger partial charge in [-0.3, -0.25) is 0 Å². The summed E-state index contributed by atoms with van der Waals surface area (Å²) < 4.78 is 4.98. The van der Waals surface area contributed by atoms with Crippen LogP contribution in [0.5, 0.6) is 0 Å². The minimum absolute atomic E-state index is 0.360. The maximum atomic E-state index is 11.7. The van der Waals surface area contributed by atoms with Crippen LogP contribution in [0, 0.1) is 6.92 Å². The normalized spacial score (nSPS) is 10.3. The largest absolute Gasteiger partial charge is 0.461 e. The Bertz CT molecular complexity index is 581. The first kappa shape index (κ1) is 14.5. The van der Waals surface area contributed by atoms with Crippen molar-refractivity contribution in [2.75, 3.05) is 18.5 Å². The summed E-state index contributed by atoms with van der Waals surface area (Å²) in [5, 5.41) is 4.04. The number of nitrogens with one attached hydrogen (secondary N) is 1. The van der Waals surface area contributed by atoms with Crippen molar-refractivity contribution < 1.29 is 9.53 Å². The van der Waals surface area contributed by atoms with E-state index in [0.717, 1.165) is 18.0 Å². The molecule has 1 N–H and O–H groups in total. The predicted octanol–water partition coefficient (Wildman–Crippen LogP) is 3.28. The first-order chi connectivity index (χ1) is 9.72. The molecular formula is C15H18N2O2S. The van der Waals surface area contributed by atoms with E-state index in [0.29, 0.717) is 12.3 Å².